The highest BCUT2D eigenvalue weighted by Crippen LogP contribution is 2.24. The molecule has 0 aliphatic rings. The van der Waals surface area contributed by atoms with Gasteiger partial charge in [0.05, 0.1) is 5.69 Å². The lowest BCUT2D eigenvalue weighted by Gasteiger charge is -2.27. The van der Waals surface area contributed by atoms with Gasteiger partial charge < -0.3 is 15.1 Å². The van der Waals surface area contributed by atoms with Gasteiger partial charge in [-0.25, -0.2) is 4.39 Å². The molecule has 21 heavy (non-hydrogen) atoms. The normalized spacial score (nSPS) is 11.1. The van der Waals surface area contributed by atoms with Crippen LogP contribution in [0.25, 0.3) is 0 Å². The number of para-hydroxylation sites is 1. The zero-order chi connectivity index (χ0) is 15.7. The summed E-state index contributed by atoms with van der Waals surface area (Å²) in [5.41, 5.74) is 1.79. The van der Waals surface area contributed by atoms with Gasteiger partial charge in [-0.15, -0.1) is 0 Å². The van der Waals surface area contributed by atoms with Crippen LogP contribution in [-0.4, -0.2) is 44.7 Å². The third kappa shape index (κ3) is 5.29. The Kier molecular flexibility index (Phi) is 8.31. The fourth-order valence-corrected chi connectivity index (χ4v) is 2.70. The summed E-state index contributed by atoms with van der Waals surface area (Å²) >= 11 is 0. The van der Waals surface area contributed by atoms with Crippen LogP contribution in [0.2, 0.25) is 0 Å². The number of benzene rings is 1. The maximum atomic E-state index is 14.2. The van der Waals surface area contributed by atoms with Crippen molar-refractivity contribution in [1.29, 1.82) is 0 Å². The van der Waals surface area contributed by atoms with Crippen LogP contribution in [-0.2, 0) is 6.54 Å². The van der Waals surface area contributed by atoms with E-state index in [4.69, 9.17) is 0 Å². The number of halogens is 1. The molecule has 1 N–H and O–H groups in total. The lowest BCUT2D eigenvalue weighted by atomic mass is 10.1. The Morgan fingerprint density at radius 1 is 1.05 bits per heavy atom. The van der Waals surface area contributed by atoms with Gasteiger partial charge >= 0.3 is 0 Å². The highest BCUT2D eigenvalue weighted by atomic mass is 19.1. The smallest absolute Gasteiger partial charge is 0.146 e. The predicted molar refractivity (Wildman–Crippen MR) is 89.5 cm³/mol. The summed E-state index contributed by atoms with van der Waals surface area (Å²) in [6.07, 6.45) is 1.06. The molecule has 120 valence electrons. The highest BCUT2D eigenvalue weighted by Gasteiger charge is 2.14. The molecule has 0 amide bonds. The topological polar surface area (TPSA) is 18.5 Å². The molecule has 4 heteroatoms. The van der Waals surface area contributed by atoms with Gasteiger partial charge in [0.1, 0.15) is 5.82 Å². The van der Waals surface area contributed by atoms with Crippen LogP contribution in [0.1, 0.15) is 32.8 Å². The summed E-state index contributed by atoms with van der Waals surface area (Å²) in [6, 6.07) is 5.35. The first-order valence-corrected chi connectivity index (χ1v) is 8.07. The largest absolute Gasteiger partial charge is 0.369 e. The Morgan fingerprint density at radius 2 is 1.76 bits per heavy atom. The third-order valence-electron chi connectivity index (χ3n) is 3.93. The molecule has 1 aromatic carbocycles. The minimum atomic E-state index is -0.118. The molecular formula is C17H30FN3. The second kappa shape index (κ2) is 9.74. The lowest BCUT2D eigenvalue weighted by molar-refractivity contribution is 0.300. The number of nitrogens with zero attached hydrogens (tertiary/aromatic N) is 2. The molecule has 0 spiro atoms. The first-order chi connectivity index (χ1) is 10.2. The van der Waals surface area contributed by atoms with Crippen molar-refractivity contribution in [3.63, 3.8) is 0 Å². The van der Waals surface area contributed by atoms with E-state index in [1.54, 1.807) is 12.1 Å². The van der Waals surface area contributed by atoms with Crippen LogP contribution in [0, 0.1) is 5.82 Å². The zero-order valence-electron chi connectivity index (χ0n) is 14.0. The molecule has 0 unspecified atom stereocenters. The van der Waals surface area contributed by atoms with Crippen molar-refractivity contribution in [1.82, 2.24) is 10.2 Å². The Hall–Kier alpha value is -1.13. The standard InChI is InChI=1S/C17H30FN3/c1-5-20(6-2)12-9-13-21(7-3)17-15(14-19-4)10-8-11-16(17)18/h8,10-11,19H,5-7,9,12-14H2,1-4H3. The molecule has 0 heterocycles. The average Bonchev–Trinajstić information content (AvgIpc) is 2.49. The quantitative estimate of drug-likeness (QED) is 0.715. The van der Waals surface area contributed by atoms with E-state index in [-0.39, 0.29) is 5.82 Å². The Bertz CT molecular complexity index is 405. The molecule has 0 fully saturated rings. The minimum Gasteiger partial charge on any atom is -0.369 e. The van der Waals surface area contributed by atoms with E-state index in [9.17, 15) is 4.39 Å². The monoisotopic (exact) mass is 295 g/mol. The molecule has 0 saturated carbocycles. The van der Waals surface area contributed by atoms with E-state index < -0.39 is 0 Å². The summed E-state index contributed by atoms with van der Waals surface area (Å²) in [6.45, 7) is 12.1. The van der Waals surface area contributed by atoms with Crippen molar-refractivity contribution < 1.29 is 4.39 Å². The summed E-state index contributed by atoms with van der Waals surface area (Å²) in [7, 11) is 1.89. The molecule has 0 aliphatic heterocycles. The second-order valence-electron chi connectivity index (χ2n) is 5.24. The molecule has 0 atom stereocenters. The van der Waals surface area contributed by atoms with Crippen molar-refractivity contribution in [2.75, 3.05) is 44.7 Å². The van der Waals surface area contributed by atoms with Gasteiger partial charge in [0.25, 0.3) is 0 Å². The second-order valence-corrected chi connectivity index (χ2v) is 5.24. The summed E-state index contributed by atoms with van der Waals surface area (Å²) in [5, 5.41) is 3.12. The fourth-order valence-electron chi connectivity index (χ4n) is 2.70. The van der Waals surface area contributed by atoms with Crippen LogP contribution >= 0.6 is 0 Å². The van der Waals surface area contributed by atoms with Gasteiger partial charge in [0.15, 0.2) is 0 Å². The Balaban J connectivity index is 2.75. The Labute approximate surface area is 129 Å². The van der Waals surface area contributed by atoms with Crippen molar-refractivity contribution in [2.24, 2.45) is 0 Å². The molecule has 0 aliphatic carbocycles. The van der Waals surface area contributed by atoms with Gasteiger partial charge in [-0.3, -0.25) is 0 Å². The van der Waals surface area contributed by atoms with Crippen molar-refractivity contribution in [3.8, 4) is 0 Å². The number of hydrogen-bond acceptors (Lipinski definition) is 3. The first-order valence-electron chi connectivity index (χ1n) is 8.07. The van der Waals surface area contributed by atoms with E-state index in [0.29, 0.717) is 6.54 Å². The van der Waals surface area contributed by atoms with E-state index in [2.05, 4.69) is 35.9 Å². The minimum absolute atomic E-state index is 0.118. The van der Waals surface area contributed by atoms with Crippen LogP contribution in [0.3, 0.4) is 0 Å². The third-order valence-corrected chi connectivity index (χ3v) is 3.93. The van der Waals surface area contributed by atoms with Gasteiger partial charge in [-0.1, -0.05) is 26.0 Å². The average molecular weight is 295 g/mol. The lowest BCUT2D eigenvalue weighted by Crippen LogP contribution is -2.31. The van der Waals surface area contributed by atoms with E-state index in [1.165, 1.54) is 0 Å². The summed E-state index contributed by atoms with van der Waals surface area (Å²) in [5.74, 6) is -0.118. The van der Waals surface area contributed by atoms with Crippen LogP contribution in [0.15, 0.2) is 18.2 Å². The molecule has 1 rings (SSSR count). The van der Waals surface area contributed by atoms with Gasteiger partial charge in [-0.2, -0.15) is 0 Å². The molecule has 1 aromatic rings. The van der Waals surface area contributed by atoms with Gasteiger partial charge in [0.2, 0.25) is 0 Å². The highest BCUT2D eigenvalue weighted by molar-refractivity contribution is 5.54. The van der Waals surface area contributed by atoms with Crippen molar-refractivity contribution in [2.45, 2.75) is 33.7 Å². The Morgan fingerprint density at radius 3 is 2.33 bits per heavy atom. The number of anilines is 1. The van der Waals surface area contributed by atoms with Gasteiger partial charge in [0, 0.05) is 19.6 Å². The van der Waals surface area contributed by atoms with E-state index in [0.717, 1.165) is 50.4 Å². The maximum absolute atomic E-state index is 14.2. The predicted octanol–water partition coefficient (Wildman–Crippen LogP) is 3.10. The number of hydrogen-bond donors (Lipinski definition) is 1. The molecule has 3 nitrogen and oxygen atoms in total. The van der Waals surface area contributed by atoms with Gasteiger partial charge in [-0.05, 0) is 51.7 Å². The van der Waals surface area contributed by atoms with Crippen LogP contribution < -0.4 is 10.2 Å². The maximum Gasteiger partial charge on any atom is 0.146 e. The molecule has 0 radical (unpaired) electrons. The van der Waals surface area contributed by atoms with Crippen LogP contribution in [0.4, 0.5) is 10.1 Å². The number of nitrogens with one attached hydrogen (secondary N) is 1. The zero-order valence-corrected chi connectivity index (χ0v) is 14.0. The van der Waals surface area contributed by atoms with Crippen molar-refractivity contribution in [3.05, 3.63) is 29.6 Å². The molecule has 0 saturated heterocycles. The number of rotatable bonds is 10. The molecule has 0 bridgehead atoms. The van der Waals surface area contributed by atoms with Crippen LogP contribution in [0.5, 0.6) is 0 Å². The fraction of sp³-hybridized carbons (Fsp3) is 0.647. The molecular weight excluding hydrogens is 265 g/mol. The summed E-state index contributed by atoms with van der Waals surface area (Å²) < 4.78 is 14.2. The van der Waals surface area contributed by atoms with Crippen molar-refractivity contribution >= 4 is 5.69 Å². The first kappa shape index (κ1) is 17.9. The SMILES string of the molecule is CCN(CC)CCCN(CC)c1c(F)cccc1CNC. The van der Waals surface area contributed by atoms with E-state index in [1.807, 2.05) is 13.1 Å². The molecule has 0 aromatic heterocycles. The van der Waals surface area contributed by atoms with E-state index >= 15 is 0 Å². The summed E-state index contributed by atoms with van der Waals surface area (Å²) in [4.78, 5) is 4.56.